The van der Waals surface area contributed by atoms with Gasteiger partial charge < -0.3 is 4.74 Å². The number of thioether (sulfide) groups is 1. The number of rotatable bonds is 2. The number of halogens is 1. The summed E-state index contributed by atoms with van der Waals surface area (Å²) in [6, 6.07) is 0. The molecular weight excluding hydrogens is 260 g/mol. The molecule has 0 bridgehead atoms. The predicted molar refractivity (Wildman–Crippen MR) is 66.4 cm³/mol. The van der Waals surface area contributed by atoms with Gasteiger partial charge in [0.05, 0.1) is 5.60 Å². The van der Waals surface area contributed by atoms with Crippen molar-refractivity contribution in [3.8, 4) is 0 Å². The van der Waals surface area contributed by atoms with Crippen molar-refractivity contribution in [3.63, 3.8) is 0 Å². The predicted octanol–water partition coefficient (Wildman–Crippen LogP) is 3.46. The summed E-state index contributed by atoms with van der Waals surface area (Å²) in [6.45, 7) is 1.00. The molecular formula is C11H19BrOS. The molecule has 3 heteroatoms. The van der Waals surface area contributed by atoms with Crippen LogP contribution in [0.25, 0.3) is 0 Å². The van der Waals surface area contributed by atoms with Gasteiger partial charge in [-0.25, -0.2) is 0 Å². The Labute approximate surface area is 99.5 Å². The highest BCUT2D eigenvalue weighted by molar-refractivity contribution is 9.09. The molecule has 0 aliphatic carbocycles. The van der Waals surface area contributed by atoms with E-state index in [0.717, 1.165) is 17.9 Å². The molecule has 0 aromatic carbocycles. The summed E-state index contributed by atoms with van der Waals surface area (Å²) in [4.78, 5) is 0. The van der Waals surface area contributed by atoms with Gasteiger partial charge in [-0.3, -0.25) is 0 Å². The summed E-state index contributed by atoms with van der Waals surface area (Å²) in [5.41, 5.74) is 0.288. The molecule has 2 heterocycles. The number of hydrogen-bond acceptors (Lipinski definition) is 2. The van der Waals surface area contributed by atoms with Gasteiger partial charge in [0.2, 0.25) is 0 Å². The van der Waals surface area contributed by atoms with Crippen LogP contribution in [0.5, 0.6) is 0 Å². The van der Waals surface area contributed by atoms with Crippen LogP contribution in [0.15, 0.2) is 0 Å². The van der Waals surface area contributed by atoms with Gasteiger partial charge >= 0.3 is 0 Å². The third-order valence-electron chi connectivity index (χ3n) is 3.52. The van der Waals surface area contributed by atoms with Crippen molar-refractivity contribution >= 4 is 27.7 Å². The molecule has 2 aliphatic rings. The van der Waals surface area contributed by atoms with Crippen LogP contribution in [0.3, 0.4) is 0 Å². The minimum atomic E-state index is 0.288. The number of ether oxygens (including phenoxy) is 1. The number of hydrogen-bond donors (Lipinski definition) is 0. The lowest BCUT2D eigenvalue weighted by atomic mass is 9.81. The van der Waals surface area contributed by atoms with Crippen LogP contribution in [0.1, 0.15) is 32.1 Å². The SMILES string of the molecule is BrCCC1CCOC2(CCSCC2)C1. The third-order valence-corrected chi connectivity index (χ3v) is 4.96. The molecule has 82 valence electrons. The van der Waals surface area contributed by atoms with Crippen molar-refractivity contribution in [2.75, 3.05) is 23.4 Å². The maximum atomic E-state index is 6.05. The second-order valence-corrected chi connectivity index (χ2v) is 6.50. The molecule has 0 N–H and O–H groups in total. The van der Waals surface area contributed by atoms with Crippen molar-refractivity contribution in [3.05, 3.63) is 0 Å². The largest absolute Gasteiger partial charge is 0.375 e. The normalized spacial score (nSPS) is 31.9. The van der Waals surface area contributed by atoms with Crippen molar-refractivity contribution in [1.29, 1.82) is 0 Å². The van der Waals surface area contributed by atoms with Gasteiger partial charge in [0.15, 0.2) is 0 Å². The van der Waals surface area contributed by atoms with Gasteiger partial charge in [-0.1, -0.05) is 15.9 Å². The summed E-state index contributed by atoms with van der Waals surface area (Å²) < 4.78 is 6.05. The van der Waals surface area contributed by atoms with Crippen LogP contribution in [0.2, 0.25) is 0 Å². The lowest BCUT2D eigenvalue weighted by Gasteiger charge is -2.43. The van der Waals surface area contributed by atoms with E-state index >= 15 is 0 Å². The van der Waals surface area contributed by atoms with E-state index in [-0.39, 0.29) is 5.60 Å². The Morgan fingerprint density at radius 1 is 1.36 bits per heavy atom. The van der Waals surface area contributed by atoms with Crippen molar-refractivity contribution in [2.24, 2.45) is 5.92 Å². The highest BCUT2D eigenvalue weighted by Gasteiger charge is 2.38. The molecule has 2 aliphatic heterocycles. The first-order valence-electron chi connectivity index (χ1n) is 5.62. The second-order valence-electron chi connectivity index (χ2n) is 4.48. The minimum absolute atomic E-state index is 0.288. The van der Waals surface area contributed by atoms with Crippen LogP contribution in [-0.2, 0) is 4.74 Å². The van der Waals surface area contributed by atoms with Crippen LogP contribution in [-0.4, -0.2) is 29.0 Å². The van der Waals surface area contributed by atoms with Gasteiger partial charge in [0, 0.05) is 11.9 Å². The molecule has 1 unspecified atom stereocenters. The highest BCUT2D eigenvalue weighted by Crippen LogP contribution is 2.40. The zero-order chi connectivity index (χ0) is 9.86. The Hall–Kier alpha value is 0.790. The first-order valence-corrected chi connectivity index (χ1v) is 7.90. The molecule has 2 fully saturated rings. The molecule has 0 aromatic heterocycles. The first kappa shape index (κ1) is 11.3. The Morgan fingerprint density at radius 2 is 2.14 bits per heavy atom. The summed E-state index contributed by atoms with van der Waals surface area (Å²) in [6.07, 6.45) is 6.50. The monoisotopic (exact) mass is 278 g/mol. The fourth-order valence-electron chi connectivity index (χ4n) is 2.62. The van der Waals surface area contributed by atoms with E-state index in [1.54, 1.807) is 0 Å². The maximum absolute atomic E-state index is 6.05. The Bertz CT molecular complexity index is 173. The van der Waals surface area contributed by atoms with Gasteiger partial charge in [-0.15, -0.1) is 0 Å². The third kappa shape index (κ3) is 2.67. The minimum Gasteiger partial charge on any atom is -0.375 e. The van der Waals surface area contributed by atoms with Crippen LogP contribution in [0.4, 0.5) is 0 Å². The average molecular weight is 279 g/mol. The van der Waals surface area contributed by atoms with Gasteiger partial charge in [-0.05, 0) is 49.5 Å². The van der Waals surface area contributed by atoms with Gasteiger partial charge in [0.25, 0.3) is 0 Å². The summed E-state index contributed by atoms with van der Waals surface area (Å²) in [5.74, 6) is 3.52. The van der Waals surface area contributed by atoms with Crippen LogP contribution in [0, 0.1) is 5.92 Å². The van der Waals surface area contributed by atoms with E-state index in [4.69, 9.17) is 4.74 Å². The molecule has 0 radical (unpaired) electrons. The Balaban J connectivity index is 1.91. The zero-order valence-corrected chi connectivity index (χ0v) is 11.0. The van der Waals surface area contributed by atoms with Gasteiger partial charge in [0.1, 0.15) is 0 Å². The van der Waals surface area contributed by atoms with E-state index in [1.165, 1.54) is 43.6 Å². The molecule has 2 rings (SSSR count). The van der Waals surface area contributed by atoms with E-state index in [9.17, 15) is 0 Å². The Kier molecular flexibility index (Phi) is 4.21. The summed E-state index contributed by atoms with van der Waals surface area (Å²) >= 11 is 5.64. The van der Waals surface area contributed by atoms with E-state index < -0.39 is 0 Å². The van der Waals surface area contributed by atoms with Crippen molar-refractivity contribution in [1.82, 2.24) is 0 Å². The molecule has 0 saturated carbocycles. The molecule has 0 amide bonds. The number of alkyl halides is 1. The van der Waals surface area contributed by atoms with Crippen LogP contribution < -0.4 is 0 Å². The zero-order valence-electron chi connectivity index (χ0n) is 8.64. The highest BCUT2D eigenvalue weighted by atomic mass is 79.9. The fourth-order valence-corrected chi connectivity index (χ4v) is 4.51. The topological polar surface area (TPSA) is 9.23 Å². The summed E-state index contributed by atoms with van der Waals surface area (Å²) in [7, 11) is 0. The molecule has 0 aromatic rings. The van der Waals surface area contributed by atoms with Crippen molar-refractivity contribution in [2.45, 2.75) is 37.7 Å². The molecule has 1 spiro atoms. The molecule has 1 nitrogen and oxygen atoms in total. The maximum Gasteiger partial charge on any atom is 0.0700 e. The molecule has 1 atom stereocenters. The molecule has 2 saturated heterocycles. The van der Waals surface area contributed by atoms with E-state index in [2.05, 4.69) is 27.7 Å². The molecule has 14 heavy (non-hydrogen) atoms. The fraction of sp³-hybridized carbons (Fsp3) is 1.00. The second kappa shape index (κ2) is 5.22. The van der Waals surface area contributed by atoms with E-state index in [1.807, 2.05) is 0 Å². The lowest BCUT2D eigenvalue weighted by Crippen LogP contribution is -2.42. The van der Waals surface area contributed by atoms with Crippen LogP contribution >= 0.6 is 27.7 Å². The quantitative estimate of drug-likeness (QED) is 0.716. The van der Waals surface area contributed by atoms with Gasteiger partial charge in [-0.2, -0.15) is 11.8 Å². The summed E-state index contributed by atoms with van der Waals surface area (Å²) in [5, 5.41) is 1.16. The average Bonchev–Trinajstić information content (AvgIpc) is 2.19. The van der Waals surface area contributed by atoms with Crippen molar-refractivity contribution < 1.29 is 4.74 Å². The Morgan fingerprint density at radius 3 is 2.86 bits per heavy atom. The first-order chi connectivity index (χ1) is 6.85. The standard InChI is InChI=1S/C11H19BrOS/c12-5-1-10-2-6-13-11(9-10)3-7-14-8-4-11/h10H,1-9H2. The van der Waals surface area contributed by atoms with E-state index in [0.29, 0.717) is 0 Å². The smallest absolute Gasteiger partial charge is 0.0700 e. The lowest BCUT2D eigenvalue weighted by molar-refractivity contribution is -0.102.